The van der Waals surface area contributed by atoms with Gasteiger partial charge in [0.05, 0.1) is 23.6 Å². The molecule has 2 aliphatic rings. The average Bonchev–Trinajstić information content (AvgIpc) is 3.24. The Kier molecular flexibility index (Phi) is 5.77. The predicted octanol–water partition coefficient (Wildman–Crippen LogP) is 5.07. The highest BCUT2D eigenvalue weighted by atomic mass is 35.5. The minimum atomic E-state index is 0.412. The lowest BCUT2D eigenvalue weighted by Gasteiger charge is -2.39. The zero-order valence-electron chi connectivity index (χ0n) is 19.1. The number of nitrogen functional groups attached to an aromatic ring is 1. The molecule has 4 N–H and O–H groups in total. The van der Waals surface area contributed by atoms with Gasteiger partial charge in [-0.3, -0.25) is 4.90 Å². The van der Waals surface area contributed by atoms with E-state index in [1.165, 1.54) is 12.8 Å². The molecule has 34 heavy (non-hydrogen) atoms. The van der Waals surface area contributed by atoms with Crippen molar-refractivity contribution >= 4 is 45.0 Å². The summed E-state index contributed by atoms with van der Waals surface area (Å²) in [5.41, 5.74) is 10.4. The van der Waals surface area contributed by atoms with Crippen LogP contribution in [0.4, 0.5) is 11.5 Å². The van der Waals surface area contributed by atoms with Crippen molar-refractivity contribution in [1.82, 2.24) is 19.9 Å². The number of aromatic nitrogens is 3. The van der Waals surface area contributed by atoms with E-state index in [0.717, 1.165) is 78.0 Å². The quantitative estimate of drug-likeness (QED) is 0.356. The number of hydrogen-bond acceptors (Lipinski definition) is 6. The van der Waals surface area contributed by atoms with Gasteiger partial charge in [0.15, 0.2) is 0 Å². The Morgan fingerprint density at radius 3 is 2.65 bits per heavy atom. The van der Waals surface area contributed by atoms with Crippen LogP contribution in [0.3, 0.4) is 0 Å². The van der Waals surface area contributed by atoms with Gasteiger partial charge in [-0.15, -0.1) is 0 Å². The van der Waals surface area contributed by atoms with Gasteiger partial charge in [-0.1, -0.05) is 23.7 Å². The summed E-state index contributed by atoms with van der Waals surface area (Å²) in [6, 6.07) is 13.0. The average molecular weight is 477 g/mol. The molecule has 3 heterocycles. The van der Waals surface area contributed by atoms with Gasteiger partial charge in [0.1, 0.15) is 17.8 Å². The molecule has 0 atom stereocenters. The Morgan fingerprint density at radius 1 is 1.03 bits per heavy atom. The number of nitrogens with zero attached hydrogens (tertiary/aromatic N) is 3. The number of anilines is 2. The molecule has 7 nitrogen and oxygen atoms in total. The highest BCUT2D eigenvalue weighted by Crippen LogP contribution is 2.36. The monoisotopic (exact) mass is 476 g/mol. The molecule has 2 aromatic carbocycles. The van der Waals surface area contributed by atoms with Gasteiger partial charge in [0, 0.05) is 47.3 Å². The minimum Gasteiger partial charge on any atom is -0.399 e. The normalized spacial score (nSPS) is 21.8. The molecule has 0 radical (unpaired) electrons. The number of fused-ring (bicyclic) bond motifs is 3. The smallest absolute Gasteiger partial charge is 0.143 e. The maximum atomic E-state index is 6.50. The summed E-state index contributed by atoms with van der Waals surface area (Å²) in [4.78, 5) is 15.2. The second kappa shape index (κ2) is 9.06. The van der Waals surface area contributed by atoms with Gasteiger partial charge in [-0.2, -0.15) is 0 Å². The molecule has 2 aromatic heterocycles. The summed E-state index contributed by atoms with van der Waals surface area (Å²) in [6.45, 7) is 3.85. The van der Waals surface area contributed by atoms with Crippen molar-refractivity contribution in [2.75, 3.05) is 37.4 Å². The van der Waals surface area contributed by atoms with Gasteiger partial charge < -0.3 is 20.8 Å². The Hall–Kier alpha value is -2.87. The predicted molar refractivity (Wildman–Crippen MR) is 138 cm³/mol. The molecule has 2 fully saturated rings. The number of rotatable bonds is 4. The molecule has 4 aromatic rings. The molecule has 0 spiro atoms. The van der Waals surface area contributed by atoms with Crippen LogP contribution in [0, 0.1) is 0 Å². The Bertz CT molecular complexity index is 1320. The molecule has 6 rings (SSSR count). The van der Waals surface area contributed by atoms with Gasteiger partial charge in [-0.25, -0.2) is 9.97 Å². The van der Waals surface area contributed by atoms with E-state index in [0.29, 0.717) is 22.8 Å². The number of H-pyrrole nitrogens is 1. The van der Waals surface area contributed by atoms with Crippen LogP contribution in [0.25, 0.3) is 33.1 Å². The van der Waals surface area contributed by atoms with Gasteiger partial charge in [0.2, 0.25) is 0 Å². The highest BCUT2D eigenvalue weighted by Gasteiger charge is 2.27. The van der Waals surface area contributed by atoms with E-state index in [9.17, 15) is 0 Å². The number of nitrogens with one attached hydrogen (secondary N) is 2. The van der Waals surface area contributed by atoms with E-state index in [2.05, 4.69) is 43.4 Å². The third-order valence-electron chi connectivity index (χ3n) is 7.29. The molecule has 1 saturated carbocycles. The fraction of sp³-hybridized carbons (Fsp3) is 0.385. The van der Waals surface area contributed by atoms with Crippen LogP contribution < -0.4 is 11.1 Å². The second-order valence-corrected chi connectivity index (χ2v) is 9.78. The zero-order chi connectivity index (χ0) is 23.1. The number of hydrogen-bond donors (Lipinski definition) is 3. The zero-order valence-corrected chi connectivity index (χ0v) is 19.8. The van der Waals surface area contributed by atoms with Crippen LogP contribution in [0.5, 0.6) is 0 Å². The van der Waals surface area contributed by atoms with Gasteiger partial charge >= 0.3 is 0 Å². The van der Waals surface area contributed by atoms with Crippen LogP contribution in [0.1, 0.15) is 25.7 Å². The molecule has 0 amide bonds. The maximum Gasteiger partial charge on any atom is 0.143 e. The molecule has 176 valence electrons. The van der Waals surface area contributed by atoms with Crippen molar-refractivity contribution < 1.29 is 4.74 Å². The summed E-state index contributed by atoms with van der Waals surface area (Å²) in [6.07, 6.45) is 6.33. The largest absolute Gasteiger partial charge is 0.399 e. The Morgan fingerprint density at radius 2 is 1.85 bits per heavy atom. The first kappa shape index (κ1) is 21.6. The molecule has 1 aliphatic heterocycles. The molecular formula is C26H29ClN6O. The van der Waals surface area contributed by atoms with Crippen molar-refractivity contribution in [3.63, 3.8) is 0 Å². The summed E-state index contributed by atoms with van der Waals surface area (Å²) >= 11 is 6.50. The van der Waals surface area contributed by atoms with E-state index in [1.807, 2.05) is 12.1 Å². The fourth-order valence-corrected chi connectivity index (χ4v) is 5.78. The topological polar surface area (TPSA) is 92.1 Å². The first-order valence-electron chi connectivity index (χ1n) is 12.1. The van der Waals surface area contributed by atoms with E-state index >= 15 is 0 Å². The standard InChI is InChI=1S/C26H29ClN6O/c27-22-14-17(28)2-7-20(22)16-1-8-23-21(13-16)24-25(29-15-30-26(24)32-23)31-18-3-5-19(6-4-18)33-9-11-34-12-10-33/h1-2,7-8,13-15,18-19H,3-6,9-12,28H2,(H2,29,30,31,32)/t18-,19-. The molecule has 1 aliphatic carbocycles. The summed E-state index contributed by atoms with van der Waals surface area (Å²) in [7, 11) is 0. The van der Waals surface area contributed by atoms with Gasteiger partial charge in [0.25, 0.3) is 0 Å². The van der Waals surface area contributed by atoms with Crippen LogP contribution in [0.2, 0.25) is 5.02 Å². The number of ether oxygens (including phenoxy) is 1. The molecule has 0 unspecified atom stereocenters. The van der Waals surface area contributed by atoms with E-state index in [-0.39, 0.29) is 0 Å². The highest BCUT2D eigenvalue weighted by molar-refractivity contribution is 6.33. The fourth-order valence-electron chi connectivity index (χ4n) is 5.49. The third-order valence-corrected chi connectivity index (χ3v) is 7.61. The Balaban J connectivity index is 1.28. The molecular weight excluding hydrogens is 448 g/mol. The van der Waals surface area contributed by atoms with Crippen molar-refractivity contribution in [2.45, 2.75) is 37.8 Å². The number of aromatic amines is 1. The molecule has 0 bridgehead atoms. The van der Waals surface area contributed by atoms with Gasteiger partial charge in [-0.05, 0) is 55.5 Å². The summed E-state index contributed by atoms with van der Waals surface area (Å²) in [5.74, 6) is 0.895. The summed E-state index contributed by atoms with van der Waals surface area (Å²) in [5, 5.41) is 6.51. The SMILES string of the molecule is Nc1ccc(-c2ccc3[nH]c4ncnc(N[C@H]5CC[C@H](N6CCOCC6)CC5)c4c3c2)c(Cl)c1. The maximum absolute atomic E-state index is 6.50. The first-order chi connectivity index (χ1) is 16.7. The van der Waals surface area contributed by atoms with Crippen LogP contribution in [-0.2, 0) is 4.74 Å². The number of benzene rings is 2. The minimum absolute atomic E-state index is 0.412. The molecule has 1 saturated heterocycles. The second-order valence-electron chi connectivity index (χ2n) is 9.37. The van der Waals surface area contributed by atoms with E-state index in [4.69, 9.17) is 22.1 Å². The lowest BCUT2D eigenvalue weighted by Crippen LogP contribution is -2.46. The summed E-state index contributed by atoms with van der Waals surface area (Å²) < 4.78 is 5.52. The van der Waals surface area contributed by atoms with Crippen molar-refractivity contribution in [3.05, 3.63) is 47.7 Å². The first-order valence-corrected chi connectivity index (χ1v) is 12.4. The third kappa shape index (κ3) is 4.08. The van der Waals surface area contributed by atoms with E-state index < -0.39 is 0 Å². The van der Waals surface area contributed by atoms with Crippen LogP contribution in [-0.4, -0.2) is 58.2 Å². The number of nitrogens with two attached hydrogens (primary N) is 1. The molecule has 8 heteroatoms. The van der Waals surface area contributed by atoms with Crippen LogP contribution >= 0.6 is 11.6 Å². The van der Waals surface area contributed by atoms with E-state index in [1.54, 1.807) is 12.4 Å². The van der Waals surface area contributed by atoms with Crippen molar-refractivity contribution in [3.8, 4) is 11.1 Å². The lowest BCUT2D eigenvalue weighted by atomic mass is 9.90. The number of morpholine rings is 1. The lowest BCUT2D eigenvalue weighted by molar-refractivity contribution is 0.00791. The van der Waals surface area contributed by atoms with Crippen LogP contribution in [0.15, 0.2) is 42.7 Å². The van der Waals surface area contributed by atoms with Crippen molar-refractivity contribution in [2.24, 2.45) is 0 Å². The Labute approximate surface area is 203 Å². The van der Waals surface area contributed by atoms with Crippen molar-refractivity contribution in [1.29, 1.82) is 0 Å². The number of halogens is 1.